The summed E-state index contributed by atoms with van der Waals surface area (Å²) in [6.07, 6.45) is -10.1. The molecule has 0 radical (unpaired) electrons. The van der Waals surface area contributed by atoms with Gasteiger partial charge >= 0.3 is 0 Å². The first kappa shape index (κ1) is 20.9. The van der Waals surface area contributed by atoms with Gasteiger partial charge in [-0.2, -0.15) is 0 Å². The average Bonchev–Trinajstić information content (AvgIpc) is 2.60. The third kappa shape index (κ3) is 4.86. The van der Waals surface area contributed by atoms with Gasteiger partial charge in [-0.05, 0) is 6.42 Å². The minimum atomic E-state index is -1.46. The first-order valence-corrected chi connectivity index (χ1v) is 8.44. The van der Waals surface area contributed by atoms with Crippen LogP contribution in [0.2, 0.25) is 0 Å². The molecule has 2 heterocycles. The summed E-state index contributed by atoms with van der Waals surface area (Å²) in [5.74, 6) is 0. The summed E-state index contributed by atoms with van der Waals surface area (Å²) in [7, 11) is 0. The van der Waals surface area contributed by atoms with Gasteiger partial charge in [-0.1, -0.05) is 6.92 Å². The Hall–Kier alpha value is -0.400. The number of ether oxygens (including phenoxy) is 4. The van der Waals surface area contributed by atoms with Crippen LogP contribution in [0.25, 0.3) is 0 Å². The van der Waals surface area contributed by atoms with E-state index in [9.17, 15) is 30.6 Å². The maximum Gasteiger partial charge on any atom is 0.186 e. The number of hydrogen-bond acceptors (Lipinski definition) is 10. The van der Waals surface area contributed by atoms with Crippen LogP contribution in [0, 0.1) is 0 Å². The predicted octanol–water partition coefficient (Wildman–Crippen LogP) is -2.93. The lowest BCUT2D eigenvalue weighted by Gasteiger charge is -2.44. The van der Waals surface area contributed by atoms with E-state index in [0.717, 1.165) is 0 Å². The molecule has 6 N–H and O–H groups in total. The number of hydrogen-bond donors (Lipinski definition) is 6. The average molecular weight is 368 g/mol. The van der Waals surface area contributed by atoms with Crippen molar-refractivity contribution in [3.05, 3.63) is 0 Å². The highest BCUT2D eigenvalue weighted by Gasteiger charge is 2.48. The van der Waals surface area contributed by atoms with Crippen LogP contribution in [0.4, 0.5) is 0 Å². The van der Waals surface area contributed by atoms with Crippen molar-refractivity contribution < 1.29 is 49.6 Å². The zero-order valence-corrected chi connectivity index (χ0v) is 14.0. The van der Waals surface area contributed by atoms with Gasteiger partial charge in [-0.25, -0.2) is 0 Å². The fourth-order valence-electron chi connectivity index (χ4n) is 2.90. The lowest BCUT2D eigenvalue weighted by Crippen LogP contribution is -2.62. The molecule has 0 aromatic heterocycles. The molecule has 10 nitrogen and oxygen atoms in total. The molecule has 2 aliphatic heterocycles. The topological polar surface area (TPSA) is 158 Å². The molecule has 2 aliphatic rings. The zero-order chi connectivity index (χ0) is 18.6. The van der Waals surface area contributed by atoms with E-state index in [0.29, 0.717) is 13.0 Å². The van der Waals surface area contributed by atoms with Gasteiger partial charge in [-0.15, -0.1) is 0 Å². The van der Waals surface area contributed by atoms with Crippen LogP contribution < -0.4 is 0 Å². The van der Waals surface area contributed by atoms with E-state index in [1.165, 1.54) is 0 Å². The maximum atomic E-state index is 10.3. The largest absolute Gasteiger partial charge is 0.394 e. The normalized spacial score (nSPS) is 45.5. The lowest BCUT2D eigenvalue weighted by atomic mass is 9.98. The summed E-state index contributed by atoms with van der Waals surface area (Å²) in [5, 5.41) is 58.9. The van der Waals surface area contributed by atoms with Crippen molar-refractivity contribution in [2.24, 2.45) is 0 Å². The van der Waals surface area contributed by atoms with Crippen LogP contribution in [-0.2, 0) is 18.9 Å². The van der Waals surface area contributed by atoms with Crippen molar-refractivity contribution in [1.29, 1.82) is 0 Å². The van der Waals surface area contributed by atoms with Gasteiger partial charge < -0.3 is 49.6 Å². The lowest BCUT2D eigenvalue weighted by molar-refractivity contribution is -0.349. The van der Waals surface area contributed by atoms with E-state index in [1.54, 1.807) is 0 Å². The molecule has 2 saturated heterocycles. The fourth-order valence-corrected chi connectivity index (χ4v) is 2.90. The van der Waals surface area contributed by atoms with E-state index in [1.807, 2.05) is 6.92 Å². The van der Waals surface area contributed by atoms with Gasteiger partial charge in [0.1, 0.15) is 36.6 Å². The Balaban J connectivity index is 2.04. The minimum absolute atomic E-state index is 0.0891. The Morgan fingerprint density at radius 2 is 1.52 bits per heavy atom. The summed E-state index contributed by atoms with van der Waals surface area (Å²) in [6, 6.07) is 0. The van der Waals surface area contributed by atoms with Crippen molar-refractivity contribution in [2.45, 2.75) is 75.1 Å². The van der Waals surface area contributed by atoms with Gasteiger partial charge in [0.2, 0.25) is 0 Å². The van der Waals surface area contributed by atoms with Crippen LogP contribution in [0.3, 0.4) is 0 Å². The van der Waals surface area contributed by atoms with Crippen LogP contribution in [-0.4, -0.2) is 106 Å². The maximum absolute atomic E-state index is 10.3. The summed E-state index contributed by atoms with van der Waals surface area (Å²) >= 11 is 0. The predicted molar refractivity (Wildman–Crippen MR) is 81.3 cm³/mol. The molecule has 0 aromatic rings. The Morgan fingerprint density at radius 1 is 0.880 bits per heavy atom. The number of aliphatic hydroxyl groups is 6. The van der Waals surface area contributed by atoms with Gasteiger partial charge in [0, 0.05) is 13.0 Å². The molecule has 0 amide bonds. The SMILES string of the molecule is CCCOC1OC(CO)C(OC2OC(CO)C(O)CC2O)C(O)C1O. The second-order valence-corrected chi connectivity index (χ2v) is 6.27. The smallest absolute Gasteiger partial charge is 0.186 e. The van der Waals surface area contributed by atoms with Gasteiger partial charge in [0.15, 0.2) is 12.6 Å². The van der Waals surface area contributed by atoms with E-state index in [4.69, 9.17) is 18.9 Å². The molecule has 25 heavy (non-hydrogen) atoms. The van der Waals surface area contributed by atoms with Crippen LogP contribution in [0.5, 0.6) is 0 Å². The molecular formula is C15H28O10. The quantitative estimate of drug-likeness (QED) is 0.275. The third-order valence-electron chi connectivity index (χ3n) is 4.31. The summed E-state index contributed by atoms with van der Waals surface area (Å²) in [6.45, 7) is 1.18. The highest BCUT2D eigenvalue weighted by Crippen LogP contribution is 2.29. The van der Waals surface area contributed by atoms with Crippen molar-refractivity contribution in [2.75, 3.05) is 19.8 Å². The number of rotatable bonds is 7. The second-order valence-electron chi connectivity index (χ2n) is 6.27. The van der Waals surface area contributed by atoms with E-state index < -0.39 is 68.5 Å². The van der Waals surface area contributed by atoms with Crippen molar-refractivity contribution >= 4 is 0 Å². The Morgan fingerprint density at radius 3 is 2.12 bits per heavy atom. The van der Waals surface area contributed by atoms with E-state index >= 15 is 0 Å². The van der Waals surface area contributed by atoms with Gasteiger partial charge in [0.25, 0.3) is 0 Å². The minimum Gasteiger partial charge on any atom is -0.394 e. The monoisotopic (exact) mass is 368 g/mol. The molecule has 9 unspecified atom stereocenters. The van der Waals surface area contributed by atoms with Gasteiger partial charge in [0.05, 0.1) is 19.3 Å². The first-order chi connectivity index (χ1) is 11.9. The molecule has 2 rings (SSSR count). The Kier molecular flexibility index (Phi) is 7.95. The molecule has 10 heteroatoms. The van der Waals surface area contributed by atoms with Crippen molar-refractivity contribution in [3.8, 4) is 0 Å². The zero-order valence-electron chi connectivity index (χ0n) is 14.0. The standard InChI is InChI=1S/C15H28O10/c1-2-3-22-15-12(21)11(20)13(10(6-17)24-15)25-14-8(19)4-7(18)9(5-16)23-14/h7-21H,2-6H2,1H3. The molecule has 148 valence electrons. The fraction of sp³-hybridized carbons (Fsp3) is 1.00. The first-order valence-electron chi connectivity index (χ1n) is 8.44. The summed E-state index contributed by atoms with van der Waals surface area (Å²) in [4.78, 5) is 0. The molecular weight excluding hydrogens is 340 g/mol. The molecule has 0 saturated carbocycles. The highest BCUT2D eigenvalue weighted by atomic mass is 16.7. The molecule has 0 aliphatic carbocycles. The van der Waals surface area contributed by atoms with Crippen molar-refractivity contribution in [1.82, 2.24) is 0 Å². The molecule has 0 spiro atoms. The Bertz CT molecular complexity index is 395. The second kappa shape index (κ2) is 9.51. The molecule has 2 fully saturated rings. The highest BCUT2D eigenvalue weighted by molar-refractivity contribution is 4.92. The Labute approximate surface area is 145 Å². The molecule has 9 atom stereocenters. The summed E-state index contributed by atoms with van der Waals surface area (Å²) in [5.41, 5.74) is 0. The third-order valence-corrected chi connectivity index (χ3v) is 4.31. The van der Waals surface area contributed by atoms with Gasteiger partial charge in [-0.3, -0.25) is 0 Å². The molecule has 0 aromatic carbocycles. The van der Waals surface area contributed by atoms with Crippen molar-refractivity contribution in [3.63, 3.8) is 0 Å². The van der Waals surface area contributed by atoms with Crippen LogP contribution in [0.15, 0.2) is 0 Å². The van der Waals surface area contributed by atoms with Crippen LogP contribution >= 0.6 is 0 Å². The van der Waals surface area contributed by atoms with E-state index in [2.05, 4.69) is 0 Å². The number of aliphatic hydroxyl groups excluding tert-OH is 6. The summed E-state index contributed by atoms with van der Waals surface area (Å²) < 4.78 is 21.6. The van der Waals surface area contributed by atoms with Crippen LogP contribution in [0.1, 0.15) is 19.8 Å². The van der Waals surface area contributed by atoms with E-state index in [-0.39, 0.29) is 6.42 Å². The molecule has 0 bridgehead atoms.